The number of rotatable bonds is 8. The Labute approximate surface area is 118 Å². The van der Waals surface area contributed by atoms with E-state index in [1.54, 1.807) is 18.4 Å². The molecule has 2 heterocycles. The maximum absolute atomic E-state index is 5.10. The normalized spacial score (nSPS) is 11.3. The Morgan fingerprint density at radius 1 is 1.53 bits per heavy atom. The highest BCUT2D eigenvalue weighted by Gasteiger charge is 2.15. The van der Waals surface area contributed by atoms with Crippen LogP contribution in [0.15, 0.2) is 11.6 Å². The van der Waals surface area contributed by atoms with Crippen LogP contribution in [-0.2, 0) is 11.3 Å². The Balaban J connectivity index is 2.17. The van der Waals surface area contributed by atoms with Crippen molar-refractivity contribution in [3.05, 3.63) is 17.3 Å². The van der Waals surface area contributed by atoms with Crippen LogP contribution in [0.4, 0.5) is 5.82 Å². The van der Waals surface area contributed by atoms with Crippen LogP contribution in [0.25, 0.3) is 4.96 Å². The van der Waals surface area contributed by atoms with E-state index in [0.717, 1.165) is 43.4 Å². The first-order valence-corrected chi connectivity index (χ1v) is 7.51. The molecule has 0 saturated heterocycles. The van der Waals surface area contributed by atoms with Gasteiger partial charge in [0.1, 0.15) is 0 Å². The third-order valence-electron chi connectivity index (χ3n) is 3.09. The standard InChI is InChI=1S/C13H22N4OS/c1-4-14-10-11-12(16(2)6-5-8-18-3)15-13-17(11)7-9-19-13/h7,9,14H,4-6,8,10H2,1-3H3. The quantitative estimate of drug-likeness (QED) is 0.752. The molecule has 0 fully saturated rings. The summed E-state index contributed by atoms with van der Waals surface area (Å²) in [7, 11) is 3.83. The van der Waals surface area contributed by atoms with Crippen molar-refractivity contribution in [1.82, 2.24) is 14.7 Å². The van der Waals surface area contributed by atoms with Gasteiger partial charge in [-0.25, -0.2) is 4.98 Å². The summed E-state index contributed by atoms with van der Waals surface area (Å²) in [5, 5.41) is 5.46. The van der Waals surface area contributed by atoms with Crippen molar-refractivity contribution in [3.8, 4) is 0 Å². The Morgan fingerprint density at radius 3 is 3.11 bits per heavy atom. The minimum atomic E-state index is 0.787. The lowest BCUT2D eigenvalue weighted by molar-refractivity contribution is 0.196. The summed E-state index contributed by atoms with van der Waals surface area (Å²) >= 11 is 1.67. The van der Waals surface area contributed by atoms with E-state index in [2.05, 4.69) is 40.2 Å². The zero-order valence-electron chi connectivity index (χ0n) is 11.8. The molecule has 0 radical (unpaired) electrons. The molecule has 0 aliphatic carbocycles. The molecule has 0 unspecified atom stereocenters. The Hall–Kier alpha value is -1.11. The summed E-state index contributed by atoms with van der Waals surface area (Å²) in [6, 6.07) is 0. The molecule has 19 heavy (non-hydrogen) atoms. The molecular formula is C13H22N4OS. The Morgan fingerprint density at radius 2 is 2.37 bits per heavy atom. The molecule has 5 nitrogen and oxygen atoms in total. The van der Waals surface area contributed by atoms with Gasteiger partial charge in [0.15, 0.2) is 10.8 Å². The first kappa shape index (κ1) is 14.3. The largest absolute Gasteiger partial charge is 0.385 e. The van der Waals surface area contributed by atoms with Crippen LogP contribution in [0, 0.1) is 0 Å². The molecule has 0 aliphatic rings. The van der Waals surface area contributed by atoms with Crippen LogP contribution in [0.1, 0.15) is 19.0 Å². The molecule has 2 aromatic rings. The molecule has 0 spiro atoms. The minimum Gasteiger partial charge on any atom is -0.385 e. The van der Waals surface area contributed by atoms with Crippen molar-refractivity contribution in [2.45, 2.75) is 19.9 Å². The molecule has 0 amide bonds. The van der Waals surface area contributed by atoms with E-state index in [1.165, 1.54) is 5.69 Å². The topological polar surface area (TPSA) is 41.8 Å². The van der Waals surface area contributed by atoms with Gasteiger partial charge in [-0.15, -0.1) is 11.3 Å². The molecule has 0 atom stereocenters. The van der Waals surface area contributed by atoms with Crippen molar-refractivity contribution < 1.29 is 4.74 Å². The van der Waals surface area contributed by atoms with Crippen LogP contribution in [0.2, 0.25) is 0 Å². The zero-order valence-corrected chi connectivity index (χ0v) is 12.7. The van der Waals surface area contributed by atoms with Gasteiger partial charge in [-0.05, 0) is 13.0 Å². The summed E-state index contributed by atoms with van der Waals surface area (Å²) < 4.78 is 7.28. The van der Waals surface area contributed by atoms with Crippen LogP contribution >= 0.6 is 11.3 Å². The fraction of sp³-hybridized carbons (Fsp3) is 0.615. The number of thiazole rings is 1. The second kappa shape index (κ2) is 6.88. The van der Waals surface area contributed by atoms with Gasteiger partial charge >= 0.3 is 0 Å². The highest BCUT2D eigenvalue weighted by atomic mass is 32.1. The monoisotopic (exact) mass is 282 g/mol. The third kappa shape index (κ3) is 3.26. The Bertz CT molecular complexity index is 508. The summed E-state index contributed by atoms with van der Waals surface area (Å²) in [6.45, 7) is 5.67. The van der Waals surface area contributed by atoms with Gasteiger partial charge in [-0.2, -0.15) is 0 Å². The van der Waals surface area contributed by atoms with E-state index >= 15 is 0 Å². The van der Waals surface area contributed by atoms with Gasteiger partial charge in [0.25, 0.3) is 0 Å². The molecule has 0 saturated carbocycles. The summed E-state index contributed by atoms with van der Waals surface area (Å²) in [5.41, 5.74) is 1.23. The second-order valence-electron chi connectivity index (χ2n) is 4.49. The lowest BCUT2D eigenvalue weighted by Crippen LogP contribution is -2.23. The van der Waals surface area contributed by atoms with E-state index in [1.807, 2.05) is 0 Å². The van der Waals surface area contributed by atoms with Gasteiger partial charge in [-0.1, -0.05) is 6.92 Å². The maximum Gasteiger partial charge on any atom is 0.195 e. The number of nitrogens with one attached hydrogen (secondary N) is 1. The SMILES string of the molecule is CCNCc1c(N(C)CCCOC)nc2sccn12. The molecule has 2 aromatic heterocycles. The van der Waals surface area contributed by atoms with E-state index in [4.69, 9.17) is 9.72 Å². The summed E-state index contributed by atoms with van der Waals surface area (Å²) in [4.78, 5) is 8.00. The molecule has 0 bridgehead atoms. The summed E-state index contributed by atoms with van der Waals surface area (Å²) in [5.74, 6) is 1.07. The van der Waals surface area contributed by atoms with Gasteiger partial charge in [-0.3, -0.25) is 4.40 Å². The van der Waals surface area contributed by atoms with E-state index in [9.17, 15) is 0 Å². The zero-order chi connectivity index (χ0) is 13.7. The fourth-order valence-electron chi connectivity index (χ4n) is 2.09. The first-order valence-electron chi connectivity index (χ1n) is 6.63. The molecule has 0 aromatic carbocycles. The minimum absolute atomic E-state index is 0.787. The average Bonchev–Trinajstić information content (AvgIpc) is 2.97. The van der Waals surface area contributed by atoms with Crippen molar-refractivity contribution in [2.24, 2.45) is 0 Å². The van der Waals surface area contributed by atoms with Gasteiger partial charge in [0, 0.05) is 45.4 Å². The third-order valence-corrected chi connectivity index (χ3v) is 3.84. The van der Waals surface area contributed by atoms with Gasteiger partial charge in [0.05, 0.1) is 5.69 Å². The van der Waals surface area contributed by atoms with Gasteiger partial charge in [0.2, 0.25) is 0 Å². The van der Waals surface area contributed by atoms with Crippen molar-refractivity contribution in [2.75, 3.05) is 38.8 Å². The van der Waals surface area contributed by atoms with Crippen LogP contribution in [-0.4, -0.2) is 43.2 Å². The number of anilines is 1. The number of nitrogens with zero attached hydrogens (tertiary/aromatic N) is 3. The van der Waals surface area contributed by atoms with Crippen LogP contribution < -0.4 is 10.2 Å². The number of methoxy groups -OCH3 is 1. The number of hydrogen-bond donors (Lipinski definition) is 1. The molecular weight excluding hydrogens is 260 g/mol. The average molecular weight is 282 g/mol. The highest BCUT2D eigenvalue weighted by Crippen LogP contribution is 2.24. The van der Waals surface area contributed by atoms with Crippen molar-refractivity contribution >= 4 is 22.1 Å². The second-order valence-corrected chi connectivity index (χ2v) is 5.36. The summed E-state index contributed by atoms with van der Waals surface area (Å²) in [6.07, 6.45) is 3.10. The van der Waals surface area contributed by atoms with Crippen LogP contribution in [0.3, 0.4) is 0 Å². The van der Waals surface area contributed by atoms with Crippen molar-refractivity contribution in [1.29, 1.82) is 0 Å². The number of ether oxygens (including phenoxy) is 1. The number of aromatic nitrogens is 2. The molecule has 2 rings (SSSR count). The predicted octanol–water partition coefficient (Wildman–Crippen LogP) is 1.98. The highest BCUT2D eigenvalue weighted by molar-refractivity contribution is 7.15. The smallest absolute Gasteiger partial charge is 0.195 e. The lowest BCUT2D eigenvalue weighted by atomic mass is 10.3. The molecule has 1 N–H and O–H groups in total. The number of fused-ring (bicyclic) bond motifs is 1. The molecule has 6 heteroatoms. The molecule has 106 valence electrons. The van der Waals surface area contributed by atoms with Gasteiger partial charge < -0.3 is 15.0 Å². The first-order chi connectivity index (χ1) is 9.27. The number of hydrogen-bond acceptors (Lipinski definition) is 5. The Kier molecular flexibility index (Phi) is 5.18. The predicted molar refractivity (Wildman–Crippen MR) is 80.2 cm³/mol. The maximum atomic E-state index is 5.10. The van der Waals surface area contributed by atoms with Crippen LogP contribution in [0.5, 0.6) is 0 Å². The van der Waals surface area contributed by atoms with E-state index in [0.29, 0.717) is 0 Å². The molecule has 0 aliphatic heterocycles. The van der Waals surface area contributed by atoms with E-state index < -0.39 is 0 Å². The lowest BCUT2D eigenvalue weighted by Gasteiger charge is -2.18. The van der Waals surface area contributed by atoms with E-state index in [-0.39, 0.29) is 0 Å². The number of imidazole rings is 1. The van der Waals surface area contributed by atoms with Crippen molar-refractivity contribution in [3.63, 3.8) is 0 Å². The fourth-order valence-corrected chi connectivity index (χ4v) is 2.81.